The highest BCUT2D eigenvalue weighted by Gasteiger charge is 2.33. The number of hydrogen-bond donors (Lipinski definition) is 3. The molecule has 0 aliphatic carbocycles. The van der Waals surface area contributed by atoms with Gasteiger partial charge in [-0.3, -0.25) is 9.59 Å². The second-order valence-electron chi connectivity index (χ2n) is 5.36. The number of rotatable bonds is 7. The molecule has 1 aromatic heterocycles. The number of halogens is 4. The summed E-state index contributed by atoms with van der Waals surface area (Å²) in [6.45, 7) is -0.287. The molecule has 2 amide bonds. The molecule has 2 aromatic rings. The van der Waals surface area contributed by atoms with E-state index in [2.05, 4.69) is 20.9 Å². The van der Waals surface area contributed by atoms with Crippen LogP contribution in [0.15, 0.2) is 42.6 Å². The van der Waals surface area contributed by atoms with Gasteiger partial charge in [-0.2, -0.15) is 13.2 Å². The third kappa shape index (κ3) is 6.24. The second kappa shape index (κ2) is 8.97. The normalized spacial score (nSPS) is 11.0. The third-order valence-corrected chi connectivity index (χ3v) is 3.37. The zero-order valence-corrected chi connectivity index (χ0v) is 13.9. The number of aromatic nitrogens is 1. The lowest BCUT2D eigenvalue weighted by molar-refractivity contribution is -0.137. The molecule has 0 aliphatic heterocycles. The summed E-state index contributed by atoms with van der Waals surface area (Å²) in [7, 11) is 0. The Balaban J connectivity index is 1.72. The summed E-state index contributed by atoms with van der Waals surface area (Å²) in [6.07, 6.45) is -3.31. The SMILES string of the molecule is O=C(CNC(=O)c1ccc(F)cc1)NCCNc1ncccc1C(F)(F)F. The number of anilines is 1. The Kier molecular flexibility index (Phi) is 6.69. The molecule has 0 atom stereocenters. The van der Waals surface area contributed by atoms with E-state index in [9.17, 15) is 27.2 Å². The Bertz CT molecular complexity index is 794. The van der Waals surface area contributed by atoms with Crippen molar-refractivity contribution in [3.8, 4) is 0 Å². The van der Waals surface area contributed by atoms with Gasteiger partial charge in [0.1, 0.15) is 11.6 Å². The molecule has 1 aromatic carbocycles. The average Bonchev–Trinajstić information content (AvgIpc) is 2.63. The Labute approximate surface area is 152 Å². The molecular weight excluding hydrogens is 368 g/mol. The number of nitrogens with one attached hydrogen (secondary N) is 3. The van der Waals surface area contributed by atoms with Gasteiger partial charge >= 0.3 is 6.18 Å². The number of carbonyl (C=O) groups excluding carboxylic acids is 2. The molecule has 0 bridgehead atoms. The summed E-state index contributed by atoms with van der Waals surface area (Å²) < 4.78 is 51.2. The highest BCUT2D eigenvalue weighted by molar-refractivity contribution is 5.96. The van der Waals surface area contributed by atoms with Gasteiger partial charge in [-0.05, 0) is 36.4 Å². The minimum Gasteiger partial charge on any atom is -0.368 e. The molecule has 3 N–H and O–H groups in total. The zero-order valence-electron chi connectivity index (χ0n) is 13.9. The minimum absolute atomic E-state index is 0.0116. The van der Waals surface area contributed by atoms with Crippen molar-refractivity contribution in [2.75, 3.05) is 25.0 Å². The third-order valence-electron chi connectivity index (χ3n) is 3.37. The van der Waals surface area contributed by atoms with Crippen molar-refractivity contribution in [2.24, 2.45) is 0 Å². The van der Waals surface area contributed by atoms with Crippen molar-refractivity contribution in [3.05, 3.63) is 59.5 Å². The summed E-state index contributed by atoms with van der Waals surface area (Å²) in [6, 6.07) is 6.87. The first-order chi connectivity index (χ1) is 12.8. The van der Waals surface area contributed by atoms with Crippen LogP contribution in [0, 0.1) is 5.82 Å². The second-order valence-corrected chi connectivity index (χ2v) is 5.36. The fourth-order valence-corrected chi connectivity index (χ4v) is 2.08. The van der Waals surface area contributed by atoms with Crippen LogP contribution in [-0.2, 0) is 11.0 Å². The van der Waals surface area contributed by atoms with E-state index in [4.69, 9.17) is 0 Å². The van der Waals surface area contributed by atoms with E-state index in [1.165, 1.54) is 24.4 Å². The fraction of sp³-hybridized carbons (Fsp3) is 0.235. The van der Waals surface area contributed by atoms with E-state index in [0.29, 0.717) is 0 Å². The smallest absolute Gasteiger partial charge is 0.368 e. The number of carbonyl (C=O) groups is 2. The predicted molar refractivity (Wildman–Crippen MR) is 89.5 cm³/mol. The van der Waals surface area contributed by atoms with E-state index in [0.717, 1.165) is 18.2 Å². The van der Waals surface area contributed by atoms with Crippen molar-refractivity contribution in [2.45, 2.75) is 6.18 Å². The Morgan fingerprint density at radius 2 is 1.70 bits per heavy atom. The molecule has 1 heterocycles. The zero-order chi connectivity index (χ0) is 19.9. The monoisotopic (exact) mass is 384 g/mol. The first-order valence-electron chi connectivity index (χ1n) is 7.84. The Hall–Kier alpha value is -3.17. The van der Waals surface area contributed by atoms with Crippen molar-refractivity contribution < 1.29 is 27.2 Å². The number of nitrogens with zero attached hydrogens (tertiary/aromatic N) is 1. The highest BCUT2D eigenvalue weighted by Crippen LogP contribution is 2.33. The van der Waals surface area contributed by atoms with E-state index >= 15 is 0 Å². The summed E-state index contributed by atoms with van der Waals surface area (Å²) in [5, 5.41) is 7.30. The largest absolute Gasteiger partial charge is 0.419 e. The van der Waals surface area contributed by atoms with Crippen molar-refractivity contribution in [1.29, 1.82) is 0 Å². The maximum Gasteiger partial charge on any atom is 0.419 e. The van der Waals surface area contributed by atoms with Crippen molar-refractivity contribution >= 4 is 17.6 Å². The average molecular weight is 384 g/mol. The Morgan fingerprint density at radius 1 is 1.00 bits per heavy atom. The first kappa shape index (κ1) is 20.1. The van der Waals surface area contributed by atoms with Crippen LogP contribution < -0.4 is 16.0 Å². The van der Waals surface area contributed by atoms with Gasteiger partial charge < -0.3 is 16.0 Å². The minimum atomic E-state index is -4.54. The van der Waals surface area contributed by atoms with E-state index < -0.39 is 29.4 Å². The topological polar surface area (TPSA) is 83.1 Å². The molecule has 27 heavy (non-hydrogen) atoms. The van der Waals surface area contributed by atoms with Crippen LogP contribution in [0.4, 0.5) is 23.4 Å². The van der Waals surface area contributed by atoms with E-state index in [-0.39, 0.29) is 31.0 Å². The van der Waals surface area contributed by atoms with Gasteiger partial charge in [-0.15, -0.1) is 0 Å². The number of amides is 2. The van der Waals surface area contributed by atoms with Gasteiger partial charge in [-0.25, -0.2) is 9.37 Å². The van der Waals surface area contributed by atoms with Crippen LogP contribution in [0.1, 0.15) is 15.9 Å². The highest BCUT2D eigenvalue weighted by atomic mass is 19.4. The van der Waals surface area contributed by atoms with Gasteiger partial charge in [0.2, 0.25) is 5.91 Å². The van der Waals surface area contributed by atoms with Crippen LogP contribution >= 0.6 is 0 Å². The number of alkyl halides is 3. The lowest BCUT2D eigenvalue weighted by atomic mass is 10.2. The first-order valence-corrected chi connectivity index (χ1v) is 7.84. The molecule has 10 heteroatoms. The van der Waals surface area contributed by atoms with Crippen LogP contribution in [0.5, 0.6) is 0 Å². The molecule has 0 saturated heterocycles. The summed E-state index contributed by atoms with van der Waals surface area (Å²) in [4.78, 5) is 27.1. The predicted octanol–water partition coefficient (Wildman–Crippen LogP) is 2.20. The molecule has 0 saturated carbocycles. The molecule has 0 unspecified atom stereocenters. The lowest BCUT2D eigenvalue weighted by Crippen LogP contribution is -2.38. The van der Waals surface area contributed by atoms with Gasteiger partial charge in [0.25, 0.3) is 5.91 Å². The molecule has 2 rings (SSSR count). The summed E-state index contributed by atoms with van der Waals surface area (Å²) in [5.41, 5.74) is -0.705. The molecule has 0 spiro atoms. The summed E-state index contributed by atoms with van der Waals surface area (Å²) in [5.74, 6) is -1.89. The van der Waals surface area contributed by atoms with Crippen LogP contribution in [0.25, 0.3) is 0 Å². The summed E-state index contributed by atoms with van der Waals surface area (Å²) >= 11 is 0. The molecule has 0 radical (unpaired) electrons. The molecule has 0 aliphatic rings. The molecule has 144 valence electrons. The van der Waals surface area contributed by atoms with Crippen molar-refractivity contribution in [1.82, 2.24) is 15.6 Å². The van der Waals surface area contributed by atoms with Crippen LogP contribution in [-0.4, -0.2) is 36.4 Å². The maximum atomic E-state index is 12.8. The number of benzene rings is 1. The lowest BCUT2D eigenvalue weighted by Gasteiger charge is -2.13. The van der Waals surface area contributed by atoms with Crippen molar-refractivity contribution in [3.63, 3.8) is 0 Å². The van der Waals surface area contributed by atoms with Gasteiger partial charge in [-0.1, -0.05) is 0 Å². The van der Waals surface area contributed by atoms with E-state index in [1.54, 1.807) is 0 Å². The van der Waals surface area contributed by atoms with Gasteiger partial charge in [0.05, 0.1) is 12.1 Å². The maximum absolute atomic E-state index is 12.8. The van der Waals surface area contributed by atoms with Crippen LogP contribution in [0.3, 0.4) is 0 Å². The quantitative estimate of drug-likeness (QED) is 0.505. The molecule has 6 nitrogen and oxygen atoms in total. The Morgan fingerprint density at radius 3 is 2.37 bits per heavy atom. The standard InChI is InChI=1S/C17H16F4N4O2/c18-12-5-3-11(4-6-12)16(27)25-10-14(26)22-8-9-24-15-13(17(19,20)21)2-1-7-23-15/h1-7H,8-10H2,(H,22,26)(H,23,24)(H,25,27). The van der Waals surface area contributed by atoms with Gasteiger partial charge in [0.15, 0.2) is 0 Å². The molecule has 0 fully saturated rings. The number of hydrogen-bond acceptors (Lipinski definition) is 4. The molecular formula is C17H16F4N4O2. The number of pyridine rings is 1. The van der Waals surface area contributed by atoms with Gasteiger partial charge in [0, 0.05) is 24.8 Å². The van der Waals surface area contributed by atoms with Crippen LogP contribution in [0.2, 0.25) is 0 Å². The van der Waals surface area contributed by atoms with E-state index in [1.807, 2.05) is 0 Å². The fourth-order valence-electron chi connectivity index (χ4n) is 2.08.